The van der Waals surface area contributed by atoms with Gasteiger partial charge in [0, 0.05) is 12.0 Å². The first-order chi connectivity index (χ1) is 8.51. The predicted molar refractivity (Wildman–Crippen MR) is 67.5 cm³/mol. The molecule has 7 heteroatoms. The van der Waals surface area contributed by atoms with Crippen LogP contribution in [0.5, 0.6) is 0 Å². The fraction of sp³-hybridized carbons (Fsp3) is 0.545. The van der Waals surface area contributed by atoms with E-state index in [-0.39, 0.29) is 23.8 Å². The van der Waals surface area contributed by atoms with Gasteiger partial charge in [0.25, 0.3) is 0 Å². The van der Waals surface area contributed by atoms with Crippen molar-refractivity contribution in [2.24, 2.45) is 11.7 Å². The monoisotopic (exact) mass is 269 g/mol. The smallest absolute Gasteiger partial charge is 0.350 e. The summed E-state index contributed by atoms with van der Waals surface area (Å²) in [4.78, 5) is 27.1. The van der Waals surface area contributed by atoms with Crippen LogP contribution in [0.2, 0.25) is 0 Å². The van der Waals surface area contributed by atoms with E-state index in [0.717, 1.165) is 12.8 Å². The van der Waals surface area contributed by atoms with Crippen LogP contribution in [0.3, 0.4) is 0 Å². The molecule has 6 nitrogen and oxygen atoms in total. The number of amides is 1. The number of nitrogens with zero attached hydrogens (tertiary/aromatic N) is 1. The Bertz CT molecular complexity index is 480. The first-order valence-corrected chi connectivity index (χ1v) is 6.44. The molecule has 18 heavy (non-hydrogen) atoms. The fourth-order valence-electron chi connectivity index (χ4n) is 1.88. The SMILES string of the molecule is COC(=O)c1sc(NC2CC(C(N)=O)C2)nc1C. The van der Waals surface area contributed by atoms with Crippen LogP contribution in [0.1, 0.15) is 28.2 Å². The Morgan fingerprint density at radius 3 is 2.72 bits per heavy atom. The molecule has 1 saturated carbocycles. The lowest BCUT2D eigenvalue weighted by molar-refractivity contribution is -0.124. The number of carbonyl (C=O) groups is 2. The molecule has 1 aromatic heterocycles. The number of esters is 1. The van der Waals surface area contributed by atoms with Gasteiger partial charge >= 0.3 is 5.97 Å². The number of ether oxygens (including phenoxy) is 1. The zero-order valence-corrected chi connectivity index (χ0v) is 11.0. The maximum absolute atomic E-state index is 11.4. The number of anilines is 1. The molecule has 1 aromatic rings. The van der Waals surface area contributed by atoms with Crippen molar-refractivity contribution in [3.05, 3.63) is 10.6 Å². The van der Waals surface area contributed by atoms with E-state index in [1.54, 1.807) is 6.92 Å². The van der Waals surface area contributed by atoms with Crippen molar-refractivity contribution in [3.63, 3.8) is 0 Å². The lowest BCUT2D eigenvalue weighted by Gasteiger charge is -2.33. The fourth-order valence-corrected chi connectivity index (χ4v) is 2.84. The van der Waals surface area contributed by atoms with Crippen LogP contribution in [-0.4, -0.2) is 30.0 Å². The van der Waals surface area contributed by atoms with Gasteiger partial charge in [0.15, 0.2) is 5.13 Å². The Kier molecular flexibility index (Phi) is 3.51. The Hall–Kier alpha value is -1.63. The number of nitrogens with one attached hydrogen (secondary N) is 1. The molecule has 1 fully saturated rings. The van der Waals surface area contributed by atoms with Crippen LogP contribution >= 0.6 is 11.3 Å². The molecule has 3 N–H and O–H groups in total. The minimum absolute atomic E-state index is 0.0383. The van der Waals surface area contributed by atoms with E-state index < -0.39 is 0 Å². The molecule has 2 rings (SSSR count). The molecule has 0 radical (unpaired) electrons. The van der Waals surface area contributed by atoms with Gasteiger partial charge in [0.05, 0.1) is 12.8 Å². The number of nitrogens with two attached hydrogens (primary N) is 1. The molecule has 98 valence electrons. The highest BCUT2D eigenvalue weighted by Crippen LogP contribution is 2.32. The molecular weight excluding hydrogens is 254 g/mol. The molecule has 1 aliphatic rings. The van der Waals surface area contributed by atoms with Gasteiger partial charge in [0.2, 0.25) is 5.91 Å². The first-order valence-electron chi connectivity index (χ1n) is 5.63. The lowest BCUT2D eigenvalue weighted by atomic mass is 9.80. The molecule has 0 aromatic carbocycles. The van der Waals surface area contributed by atoms with E-state index in [0.29, 0.717) is 15.7 Å². The van der Waals surface area contributed by atoms with Gasteiger partial charge in [0.1, 0.15) is 4.88 Å². The molecule has 0 atom stereocenters. The second kappa shape index (κ2) is 4.93. The highest BCUT2D eigenvalue weighted by molar-refractivity contribution is 7.17. The number of rotatable bonds is 4. The van der Waals surface area contributed by atoms with Crippen molar-refractivity contribution in [1.82, 2.24) is 4.98 Å². The Labute approximate surface area is 109 Å². The number of hydrogen-bond acceptors (Lipinski definition) is 6. The minimum atomic E-state index is -0.373. The largest absolute Gasteiger partial charge is 0.465 e. The number of carbonyl (C=O) groups excluding carboxylic acids is 2. The quantitative estimate of drug-likeness (QED) is 0.792. The number of aromatic nitrogens is 1. The number of primary amides is 1. The zero-order valence-electron chi connectivity index (χ0n) is 10.2. The van der Waals surface area contributed by atoms with Crippen molar-refractivity contribution < 1.29 is 14.3 Å². The summed E-state index contributed by atoms with van der Waals surface area (Å²) in [5.41, 5.74) is 5.85. The number of aryl methyl sites for hydroxylation is 1. The van der Waals surface area contributed by atoms with Crippen molar-refractivity contribution >= 4 is 28.3 Å². The normalized spacial score (nSPS) is 22.1. The summed E-state index contributed by atoms with van der Waals surface area (Å²) >= 11 is 1.27. The number of methoxy groups -OCH3 is 1. The average Bonchev–Trinajstić information content (AvgIpc) is 2.62. The van der Waals surface area contributed by atoms with Crippen LogP contribution in [-0.2, 0) is 9.53 Å². The van der Waals surface area contributed by atoms with Crippen LogP contribution in [0, 0.1) is 12.8 Å². The van der Waals surface area contributed by atoms with Crippen LogP contribution < -0.4 is 11.1 Å². The topological polar surface area (TPSA) is 94.3 Å². The van der Waals surface area contributed by atoms with Gasteiger partial charge in [-0.25, -0.2) is 9.78 Å². The molecule has 0 bridgehead atoms. The predicted octanol–water partition coefficient (Wildman–Crippen LogP) is 0.914. The summed E-state index contributed by atoms with van der Waals surface area (Å²) in [6.07, 6.45) is 1.45. The molecular formula is C11H15N3O3S. The van der Waals surface area contributed by atoms with Gasteiger partial charge in [-0.05, 0) is 19.8 Å². The summed E-state index contributed by atoms with van der Waals surface area (Å²) in [5, 5.41) is 3.88. The molecule has 0 unspecified atom stereocenters. The van der Waals surface area contributed by atoms with Gasteiger partial charge in [-0.1, -0.05) is 11.3 Å². The van der Waals surface area contributed by atoms with Gasteiger partial charge in [-0.2, -0.15) is 0 Å². The Morgan fingerprint density at radius 1 is 1.50 bits per heavy atom. The summed E-state index contributed by atoms with van der Waals surface area (Å²) in [6, 6.07) is 0.207. The third-order valence-electron chi connectivity index (χ3n) is 3.04. The zero-order chi connectivity index (χ0) is 13.3. The third-order valence-corrected chi connectivity index (χ3v) is 4.10. The van der Waals surface area contributed by atoms with Crippen molar-refractivity contribution in [2.75, 3.05) is 12.4 Å². The van der Waals surface area contributed by atoms with Crippen molar-refractivity contribution in [3.8, 4) is 0 Å². The van der Waals surface area contributed by atoms with Gasteiger partial charge < -0.3 is 15.8 Å². The summed E-state index contributed by atoms with van der Waals surface area (Å²) in [6.45, 7) is 1.76. The van der Waals surface area contributed by atoms with Gasteiger partial charge in [-0.3, -0.25) is 4.79 Å². The van der Waals surface area contributed by atoms with E-state index in [2.05, 4.69) is 15.0 Å². The van der Waals surface area contributed by atoms with E-state index >= 15 is 0 Å². The molecule has 0 aliphatic heterocycles. The van der Waals surface area contributed by atoms with E-state index in [9.17, 15) is 9.59 Å². The van der Waals surface area contributed by atoms with Crippen molar-refractivity contribution in [2.45, 2.75) is 25.8 Å². The standard InChI is InChI=1S/C11H15N3O3S/c1-5-8(10(16)17-2)18-11(13-5)14-7-3-6(4-7)9(12)15/h6-7H,3-4H2,1-2H3,(H2,12,15)(H,13,14). The second-order valence-electron chi connectivity index (χ2n) is 4.34. The van der Waals surface area contributed by atoms with E-state index in [4.69, 9.17) is 5.73 Å². The first kappa shape index (κ1) is 12.8. The van der Waals surface area contributed by atoms with Crippen molar-refractivity contribution in [1.29, 1.82) is 0 Å². The maximum atomic E-state index is 11.4. The highest BCUT2D eigenvalue weighted by Gasteiger charge is 2.33. The summed E-state index contributed by atoms with van der Waals surface area (Å²) < 4.78 is 4.67. The molecule has 1 heterocycles. The van der Waals surface area contributed by atoms with Crippen LogP contribution in [0.15, 0.2) is 0 Å². The molecule has 0 spiro atoms. The lowest BCUT2D eigenvalue weighted by Crippen LogP contribution is -2.42. The summed E-state index contributed by atoms with van der Waals surface area (Å²) in [5.74, 6) is -0.663. The maximum Gasteiger partial charge on any atom is 0.350 e. The van der Waals surface area contributed by atoms with E-state index in [1.807, 2.05) is 0 Å². The third kappa shape index (κ3) is 2.45. The Morgan fingerprint density at radius 2 is 2.17 bits per heavy atom. The van der Waals surface area contributed by atoms with E-state index in [1.165, 1.54) is 18.4 Å². The number of thiazole rings is 1. The molecule has 1 aliphatic carbocycles. The Balaban J connectivity index is 1.96. The summed E-state index contributed by atoms with van der Waals surface area (Å²) in [7, 11) is 1.35. The molecule has 1 amide bonds. The average molecular weight is 269 g/mol. The van der Waals surface area contributed by atoms with Gasteiger partial charge in [-0.15, -0.1) is 0 Å². The highest BCUT2D eigenvalue weighted by atomic mass is 32.1. The van der Waals surface area contributed by atoms with Crippen LogP contribution in [0.25, 0.3) is 0 Å². The molecule has 0 saturated heterocycles. The number of hydrogen-bond donors (Lipinski definition) is 2. The minimum Gasteiger partial charge on any atom is -0.465 e. The van der Waals surface area contributed by atoms with Crippen LogP contribution in [0.4, 0.5) is 5.13 Å². The second-order valence-corrected chi connectivity index (χ2v) is 5.34.